The number of benzene rings is 2. The minimum absolute atomic E-state index is 0.180. The Balaban J connectivity index is 1.56. The first-order chi connectivity index (χ1) is 19.6. The third kappa shape index (κ3) is 7.04. The van der Waals surface area contributed by atoms with E-state index in [1.807, 2.05) is 37.3 Å². The summed E-state index contributed by atoms with van der Waals surface area (Å²) in [6, 6.07) is 13.5. The molecule has 11 nitrogen and oxygen atoms in total. The van der Waals surface area contributed by atoms with Gasteiger partial charge in [0.15, 0.2) is 5.76 Å². The quantitative estimate of drug-likeness (QED) is 0.379. The number of urea groups is 1. The van der Waals surface area contributed by atoms with Gasteiger partial charge >= 0.3 is 6.03 Å². The first-order valence-corrected chi connectivity index (χ1v) is 13.6. The predicted octanol–water partition coefficient (Wildman–Crippen LogP) is 3.86. The summed E-state index contributed by atoms with van der Waals surface area (Å²) in [6.07, 6.45) is -0.285. The van der Waals surface area contributed by atoms with Gasteiger partial charge in [0, 0.05) is 25.2 Å². The van der Waals surface area contributed by atoms with Crippen LogP contribution in [-0.4, -0.2) is 76.8 Å². The number of aliphatic hydroxyl groups excluding tert-OH is 1. The number of anilines is 2. The van der Waals surface area contributed by atoms with Crippen LogP contribution in [0.5, 0.6) is 5.75 Å². The van der Waals surface area contributed by atoms with Crippen molar-refractivity contribution < 1.29 is 28.8 Å². The summed E-state index contributed by atoms with van der Waals surface area (Å²) in [4.78, 5) is 42.5. The smallest absolute Gasteiger partial charge is 0.321 e. The minimum atomic E-state index is -0.478. The maximum Gasteiger partial charge on any atom is 0.321 e. The van der Waals surface area contributed by atoms with Crippen LogP contribution in [-0.2, 0) is 11.2 Å². The first kappa shape index (κ1) is 29.6. The Labute approximate surface area is 239 Å². The third-order valence-corrected chi connectivity index (χ3v) is 7.22. The number of hydrogen-bond donors (Lipinski definition) is 3. The Bertz CT molecular complexity index is 1370. The molecule has 0 unspecified atom stereocenters. The summed E-state index contributed by atoms with van der Waals surface area (Å²) in [7, 11) is 1.66. The molecular weight excluding hydrogens is 526 g/mol. The van der Waals surface area contributed by atoms with Gasteiger partial charge in [0.2, 0.25) is 5.91 Å². The molecule has 0 spiro atoms. The standard InChI is InChI=1S/C30H37N5O6/c1-18-15-35(19(2)17-36)29(38)24-14-23(31-27(37)13-22-9-7-6-8-10-22)11-12-25(24)40-26(18)16-34(5)30(39)32-28-20(3)33-41-21(28)4/h6-12,14,18-19,26,36H,13,15-17H2,1-5H3,(H,31,37)(H,32,39)/t18-,19+,26-/m1/s1. The number of amides is 4. The van der Waals surface area contributed by atoms with E-state index in [9.17, 15) is 19.5 Å². The molecular formula is C30H37N5O6. The van der Waals surface area contributed by atoms with Gasteiger partial charge in [-0.05, 0) is 44.5 Å². The highest BCUT2D eigenvalue weighted by atomic mass is 16.5. The molecule has 4 amide bonds. The van der Waals surface area contributed by atoms with Gasteiger partial charge < -0.3 is 34.8 Å². The normalized spacial score (nSPS) is 17.5. The predicted molar refractivity (Wildman–Crippen MR) is 154 cm³/mol. The van der Waals surface area contributed by atoms with E-state index in [4.69, 9.17) is 9.26 Å². The van der Waals surface area contributed by atoms with Crippen molar-refractivity contribution in [3.05, 3.63) is 71.1 Å². The van der Waals surface area contributed by atoms with E-state index in [0.717, 1.165) is 5.56 Å². The van der Waals surface area contributed by atoms with Gasteiger partial charge in [-0.3, -0.25) is 9.59 Å². The fourth-order valence-corrected chi connectivity index (χ4v) is 4.72. The van der Waals surface area contributed by atoms with Crippen molar-refractivity contribution in [2.24, 2.45) is 5.92 Å². The first-order valence-electron chi connectivity index (χ1n) is 13.6. The van der Waals surface area contributed by atoms with E-state index in [1.165, 1.54) is 4.90 Å². The average Bonchev–Trinajstić information content (AvgIpc) is 3.27. The number of ether oxygens (including phenoxy) is 1. The largest absolute Gasteiger partial charge is 0.487 e. The lowest BCUT2D eigenvalue weighted by Gasteiger charge is -2.38. The zero-order chi connectivity index (χ0) is 29.7. The van der Waals surface area contributed by atoms with Crippen molar-refractivity contribution in [2.75, 3.05) is 37.4 Å². The third-order valence-electron chi connectivity index (χ3n) is 7.22. The molecule has 0 bridgehead atoms. The summed E-state index contributed by atoms with van der Waals surface area (Å²) in [5, 5.41) is 19.5. The monoisotopic (exact) mass is 563 g/mol. The number of likely N-dealkylation sites (N-methyl/N-ethyl adjacent to an activating group) is 1. The highest BCUT2D eigenvalue weighted by Crippen LogP contribution is 2.31. The van der Waals surface area contributed by atoms with Crippen LogP contribution in [0.2, 0.25) is 0 Å². The second-order valence-corrected chi connectivity index (χ2v) is 10.6. The van der Waals surface area contributed by atoms with Crippen LogP contribution in [0.15, 0.2) is 53.1 Å². The molecule has 0 saturated carbocycles. The molecule has 0 aliphatic carbocycles. The molecule has 1 aliphatic heterocycles. The van der Waals surface area contributed by atoms with Gasteiger partial charge in [-0.25, -0.2) is 4.79 Å². The molecule has 2 heterocycles. The van der Waals surface area contributed by atoms with Crippen LogP contribution in [0.4, 0.5) is 16.2 Å². The van der Waals surface area contributed by atoms with Gasteiger partial charge in [0.25, 0.3) is 5.91 Å². The van der Waals surface area contributed by atoms with Crippen molar-refractivity contribution in [2.45, 2.75) is 46.3 Å². The molecule has 1 aliphatic rings. The molecule has 0 radical (unpaired) electrons. The highest BCUT2D eigenvalue weighted by molar-refractivity contribution is 6.00. The Hall–Kier alpha value is -4.38. The van der Waals surface area contributed by atoms with Gasteiger partial charge in [-0.2, -0.15) is 0 Å². The number of nitrogens with zero attached hydrogens (tertiary/aromatic N) is 3. The molecule has 3 aromatic rings. The van der Waals surface area contributed by atoms with Crippen LogP contribution >= 0.6 is 0 Å². The Kier molecular flexibility index (Phi) is 9.28. The molecule has 0 fully saturated rings. The number of aliphatic hydroxyl groups is 1. The number of fused-ring (bicyclic) bond motifs is 1. The number of carbonyl (C=O) groups excluding carboxylic acids is 3. The average molecular weight is 564 g/mol. The highest BCUT2D eigenvalue weighted by Gasteiger charge is 2.34. The van der Waals surface area contributed by atoms with Crippen LogP contribution in [0.1, 0.15) is 41.2 Å². The van der Waals surface area contributed by atoms with E-state index >= 15 is 0 Å². The molecule has 2 aromatic carbocycles. The topological polar surface area (TPSA) is 137 Å². The van der Waals surface area contributed by atoms with Crippen molar-refractivity contribution in [1.82, 2.24) is 15.0 Å². The van der Waals surface area contributed by atoms with Crippen LogP contribution < -0.4 is 15.4 Å². The van der Waals surface area contributed by atoms with Gasteiger partial charge in [0.1, 0.15) is 23.2 Å². The van der Waals surface area contributed by atoms with Gasteiger partial charge in [-0.1, -0.05) is 42.4 Å². The van der Waals surface area contributed by atoms with E-state index in [-0.39, 0.29) is 48.9 Å². The minimum Gasteiger partial charge on any atom is -0.487 e. The SMILES string of the molecule is Cc1noc(C)c1NC(=O)N(C)C[C@H]1Oc2ccc(NC(=O)Cc3ccccc3)cc2C(=O)N([C@@H](C)CO)C[C@H]1C. The Morgan fingerprint density at radius 3 is 2.56 bits per heavy atom. The number of hydrogen-bond acceptors (Lipinski definition) is 7. The molecule has 3 N–H and O–H groups in total. The Morgan fingerprint density at radius 1 is 1.17 bits per heavy atom. The van der Waals surface area contributed by atoms with E-state index in [1.54, 1.807) is 50.9 Å². The number of nitrogens with one attached hydrogen (secondary N) is 2. The molecule has 41 heavy (non-hydrogen) atoms. The molecule has 0 saturated heterocycles. The molecule has 3 atom stereocenters. The van der Waals surface area contributed by atoms with Crippen molar-refractivity contribution >= 4 is 29.2 Å². The summed E-state index contributed by atoms with van der Waals surface area (Å²) in [5.41, 5.74) is 2.70. The lowest BCUT2D eigenvalue weighted by atomic mass is 9.99. The molecule has 218 valence electrons. The lowest BCUT2D eigenvalue weighted by Crippen LogP contribution is -2.50. The fourth-order valence-electron chi connectivity index (χ4n) is 4.72. The molecule has 1 aromatic heterocycles. The van der Waals surface area contributed by atoms with Crippen LogP contribution in [0, 0.1) is 19.8 Å². The Morgan fingerprint density at radius 2 is 1.90 bits per heavy atom. The number of aromatic nitrogens is 1. The maximum absolute atomic E-state index is 13.7. The van der Waals surface area contributed by atoms with E-state index in [2.05, 4.69) is 15.8 Å². The second kappa shape index (κ2) is 12.9. The lowest BCUT2D eigenvalue weighted by molar-refractivity contribution is -0.115. The summed E-state index contributed by atoms with van der Waals surface area (Å²) in [5.74, 6) is 0.138. The van der Waals surface area contributed by atoms with Crippen LogP contribution in [0.3, 0.4) is 0 Å². The zero-order valence-electron chi connectivity index (χ0n) is 24.0. The van der Waals surface area contributed by atoms with Crippen molar-refractivity contribution in [3.8, 4) is 5.75 Å². The molecule has 4 rings (SSSR count). The van der Waals surface area contributed by atoms with E-state index in [0.29, 0.717) is 35.1 Å². The van der Waals surface area contributed by atoms with Crippen molar-refractivity contribution in [1.29, 1.82) is 0 Å². The number of aryl methyl sites for hydroxylation is 2. The maximum atomic E-state index is 13.7. The van der Waals surface area contributed by atoms with E-state index < -0.39 is 12.1 Å². The summed E-state index contributed by atoms with van der Waals surface area (Å²) in [6.45, 7) is 7.49. The zero-order valence-corrected chi connectivity index (χ0v) is 24.0. The molecule has 11 heteroatoms. The van der Waals surface area contributed by atoms with Gasteiger partial charge in [-0.15, -0.1) is 0 Å². The van der Waals surface area contributed by atoms with Crippen LogP contribution in [0.25, 0.3) is 0 Å². The second-order valence-electron chi connectivity index (χ2n) is 10.6. The summed E-state index contributed by atoms with van der Waals surface area (Å²) >= 11 is 0. The number of carbonyl (C=O) groups is 3. The van der Waals surface area contributed by atoms with Gasteiger partial charge in [0.05, 0.1) is 31.2 Å². The fraction of sp³-hybridized carbons (Fsp3) is 0.400. The summed E-state index contributed by atoms with van der Waals surface area (Å²) < 4.78 is 11.5. The van der Waals surface area contributed by atoms with Crippen molar-refractivity contribution in [3.63, 3.8) is 0 Å². The number of rotatable bonds is 8.